The number of nitrogens with one attached hydrogen (secondary N) is 2. The molecule has 9 rings (SSSR count). The third-order valence-electron chi connectivity index (χ3n) is 12.9. The van der Waals surface area contributed by atoms with Crippen LogP contribution in [0.2, 0.25) is 0 Å². The minimum absolute atomic E-state index is 0.000973. The van der Waals surface area contributed by atoms with E-state index >= 15 is 0 Å². The molecule has 4 fully saturated rings. The number of rotatable bonds is 11. The zero-order valence-corrected chi connectivity index (χ0v) is 35.5. The number of carbonyl (C=O) groups is 2. The number of hydrogen-bond donors (Lipinski definition) is 2. The summed E-state index contributed by atoms with van der Waals surface area (Å²) in [5, 5.41) is 7.49. The molecule has 62 heavy (non-hydrogen) atoms. The molecule has 5 aromatic rings. The van der Waals surface area contributed by atoms with Gasteiger partial charge in [-0.15, -0.1) is 0 Å². The molecule has 3 saturated heterocycles. The zero-order chi connectivity index (χ0) is 42.7. The predicted octanol–water partition coefficient (Wildman–Crippen LogP) is 5.04. The van der Waals surface area contributed by atoms with Gasteiger partial charge in [-0.3, -0.25) is 23.9 Å². The van der Waals surface area contributed by atoms with Crippen LogP contribution in [0, 0.1) is 12.7 Å². The Morgan fingerprint density at radius 2 is 1.58 bits per heavy atom. The van der Waals surface area contributed by atoms with Crippen molar-refractivity contribution in [3.8, 4) is 0 Å². The van der Waals surface area contributed by atoms with E-state index in [9.17, 15) is 18.8 Å². The van der Waals surface area contributed by atoms with Gasteiger partial charge in [0.05, 0.1) is 24.0 Å². The molecule has 7 heterocycles. The maximum atomic E-state index is 13.9. The lowest BCUT2D eigenvalue weighted by Gasteiger charge is -2.39. The van der Waals surface area contributed by atoms with Gasteiger partial charge in [-0.25, -0.2) is 24.3 Å². The van der Waals surface area contributed by atoms with Crippen LogP contribution in [0.4, 0.5) is 39.2 Å². The Balaban J connectivity index is 0.744. The van der Waals surface area contributed by atoms with Crippen molar-refractivity contribution in [2.24, 2.45) is 0 Å². The topological polar surface area (TPSA) is 161 Å². The molecule has 0 radical (unpaired) electrons. The second kappa shape index (κ2) is 18.0. The summed E-state index contributed by atoms with van der Waals surface area (Å²) >= 11 is 0. The zero-order valence-electron chi connectivity index (χ0n) is 35.5. The van der Waals surface area contributed by atoms with Crippen LogP contribution < -0.4 is 30.9 Å². The first kappa shape index (κ1) is 41.1. The van der Waals surface area contributed by atoms with Crippen molar-refractivity contribution >= 4 is 57.5 Å². The minimum Gasteiger partial charge on any atom is -0.369 e. The number of amides is 1. The number of pyridine rings is 2. The van der Waals surface area contributed by atoms with Gasteiger partial charge in [0.1, 0.15) is 35.2 Å². The number of carbonyl (C=O) groups excluding carboxylic acids is 2. The molecule has 16 nitrogen and oxygen atoms in total. The fourth-order valence-electron chi connectivity index (χ4n) is 9.52. The summed E-state index contributed by atoms with van der Waals surface area (Å²) in [6, 6.07) is 12.9. The summed E-state index contributed by atoms with van der Waals surface area (Å²) in [6.45, 7) is 11.0. The van der Waals surface area contributed by atoms with Gasteiger partial charge in [-0.2, -0.15) is 4.98 Å². The Bertz CT molecular complexity index is 2480. The normalized spacial score (nSPS) is 19.0. The second-order valence-electron chi connectivity index (χ2n) is 16.9. The molecule has 1 saturated carbocycles. The van der Waals surface area contributed by atoms with Crippen LogP contribution in [-0.4, -0.2) is 129 Å². The number of anilines is 6. The Morgan fingerprint density at radius 3 is 2.32 bits per heavy atom. The number of fused-ring (bicyclic) bond motifs is 1. The fraction of sp³-hybridized carbons (Fsp3) is 0.467. The highest BCUT2D eigenvalue weighted by Gasteiger charge is 2.28. The van der Waals surface area contributed by atoms with Crippen LogP contribution in [0.1, 0.15) is 67.4 Å². The van der Waals surface area contributed by atoms with Crippen LogP contribution in [0.15, 0.2) is 66.0 Å². The first-order valence-electron chi connectivity index (χ1n) is 21.9. The Morgan fingerprint density at radius 1 is 0.790 bits per heavy atom. The van der Waals surface area contributed by atoms with Crippen molar-refractivity contribution in [2.45, 2.75) is 64.5 Å². The molecule has 1 atom stereocenters. The Hall–Kier alpha value is -6.23. The quantitative estimate of drug-likeness (QED) is 0.170. The summed E-state index contributed by atoms with van der Waals surface area (Å²) in [4.78, 5) is 73.4. The van der Waals surface area contributed by atoms with E-state index in [1.165, 1.54) is 13.0 Å². The standard InChI is InChI=1S/C45H54FN13O3/c1-30-37-26-48-45(53-43(37)59(34-9-3-4-10-34)44(62)42(30)31(2)60)52-38-13-12-36(25-47-38)55-19-21-57(22-20-55)41(61)28-54-15-17-56(18-16-54)40-24-39(49-29-50-40)51-33-8-6-14-58(27-33)35-11-5-7-32(46)23-35/h5,7,11-13,23-26,29,33-34H,3-4,6,8-10,14-22,27-28H2,1-2H3,(H,49,50,51)(H,47,48,52,53)/t33-/m1/s1. The van der Waals surface area contributed by atoms with Crippen LogP contribution in [0.3, 0.4) is 0 Å². The number of piperazine rings is 2. The average molecular weight is 844 g/mol. The number of ketones is 1. The molecule has 0 bridgehead atoms. The van der Waals surface area contributed by atoms with Gasteiger partial charge in [0.25, 0.3) is 5.56 Å². The van der Waals surface area contributed by atoms with Crippen LogP contribution in [0.5, 0.6) is 0 Å². The molecule has 1 aliphatic carbocycles. The number of nitrogens with zero attached hydrogens (tertiary/aromatic N) is 11. The number of aromatic nitrogens is 6. The minimum atomic E-state index is -0.280. The Labute approximate surface area is 360 Å². The third-order valence-corrected chi connectivity index (χ3v) is 12.9. The van der Waals surface area contributed by atoms with Gasteiger partial charge < -0.3 is 30.2 Å². The molecule has 1 aromatic carbocycles. The van der Waals surface area contributed by atoms with E-state index in [0.29, 0.717) is 61.1 Å². The fourth-order valence-corrected chi connectivity index (χ4v) is 9.52. The van der Waals surface area contributed by atoms with Crippen LogP contribution in [-0.2, 0) is 4.79 Å². The third kappa shape index (κ3) is 8.89. The highest BCUT2D eigenvalue weighted by molar-refractivity contribution is 5.99. The summed E-state index contributed by atoms with van der Waals surface area (Å²) in [5.74, 6) is 2.23. The maximum Gasteiger partial charge on any atom is 0.263 e. The SMILES string of the molecule is CC(=O)c1c(C)c2cnc(Nc3ccc(N4CCN(C(=O)CN5CCN(c6cc(N[C@@H]7CCCN(c8cccc(F)c8)C7)ncn6)CC5)CC4)cn3)nc2n(C2CCCC2)c1=O. The van der Waals surface area contributed by atoms with Crippen LogP contribution >= 0.6 is 0 Å². The van der Waals surface area contributed by atoms with E-state index in [0.717, 1.165) is 101 Å². The molecule has 3 aliphatic heterocycles. The monoisotopic (exact) mass is 843 g/mol. The highest BCUT2D eigenvalue weighted by atomic mass is 19.1. The second-order valence-corrected chi connectivity index (χ2v) is 16.9. The average Bonchev–Trinajstić information content (AvgIpc) is 3.82. The first-order valence-corrected chi connectivity index (χ1v) is 21.9. The number of halogens is 1. The van der Waals surface area contributed by atoms with E-state index in [2.05, 4.69) is 50.2 Å². The van der Waals surface area contributed by atoms with Crippen molar-refractivity contribution in [1.82, 2.24) is 39.3 Å². The number of aryl methyl sites for hydroxylation is 1. The van der Waals surface area contributed by atoms with Crippen molar-refractivity contribution in [2.75, 3.05) is 97.3 Å². The summed E-state index contributed by atoms with van der Waals surface area (Å²) in [6.07, 6.45) is 10.9. The number of benzene rings is 1. The van der Waals surface area contributed by atoms with E-state index in [1.807, 2.05) is 35.4 Å². The molecule has 2 N–H and O–H groups in total. The van der Waals surface area contributed by atoms with Crippen molar-refractivity contribution < 1.29 is 14.0 Å². The van der Waals surface area contributed by atoms with Gasteiger partial charge in [0.2, 0.25) is 11.9 Å². The van der Waals surface area contributed by atoms with Gasteiger partial charge >= 0.3 is 0 Å². The first-order chi connectivity index (χ1) is 30.2. The molecule has 324 valence electrons. The van der Waals surface area contributed by atoms with E-state index in [1.54, 1.807) is 36.1 Å². The molecule has 4 aromatic heterocycles. The highest BCUT2D eigenvalue weighted by Crippen LogP contribution is 2.32. The van der Waals surface area contributed by atoms with Crippen molar-refractivity contribution in [3.05, 3.63) is 88.5 Å². The summed E-state index contributed by atoms with van der Waals surface area (Å²) in [7, 11) is 0. The van der Waals surface area contributed by atoms with Crippen LogP contribution in [0.25, 0.3) is 11.0 Å². The summed E-state index contributed by atoms with van der Waals surface area (Å²) < 4.78 is 15.6. The van der Waals surface area contributed by atoms with E-state index in [4.69, 9.17) is 4.98 Å². The maximum absolute atomic E-state index is 13.9. The number of piperidine rings is 1. The molecule has 0 spiro atoms. The molecule has 1 amide bonds. The van der Waals surface area contributed by atoms with E-state index < -0.39 is 0 Å². The molecular formula is C45H54FN13O3. The molecule has 0 unspecified atom stereocenters. The number of Topliss-reactive ketones (excluding diaryl/α,β-unsaturated/α-hetero) is 1. The van der Waals surface area contributed by atoms with Gasteiger partial charge in [-0.1, -0.05) is 18.9 Å². The molecule has 17 heteroatoms. The lowest BCUT2D eigenvalue weighted by atomic mass is 10.0. The summed E-state index contributed by atoms with van der Waals surface area (Å²) in [5.41, 5.74) is 2.94. The van der Waals surface area contributed by atoms with Gasteiger partial charge in [0, 0.05) is 101 Å². The largest absolute Gasteiger partial charge is 0.369 e. The molecule has 4 aliphatic rings. The van der Waals surface area contributed by atoms with E-state index in [-0.39, 0.29) is 40.7 Å². The van der Waals surface area contributed by atoms with Gasteiger partial charge in [-0.05, 0) is 75.4 Å². The van der Waals surface area contributed by atoms with Crippen molar-refractivity contribution in [1.29, 1.82) is 0 Å². The van der Waals surface area contributed by atoms with Gasteiger partial charge in [0.15, 0.2) is 5.78 Å². The van der Waals surface area contributed by atoms with Crippen molar-refractivity contribution in [3.63, 3.8) is 0 Å². The Kier molecular flexibility index (Phi) is 11.9. The number of hydrogen-bond acceptors (Lipinski definition) is 14. The predicted molar refractivity (Wildman–Crippen MR) is 238 cm³/mol. The lowest BCUT2D eigenvalue weighted by molar-refractivity contribution is -0.132. The smallest absolute Gasteiger partial charge is 0.263 e. The lowest BCUT2D eigenvalue weighted by Crippen LogP contribution is -2.54. The molecular weight excluding hydrogens is 790 g/mol.